The Hall–Kier alpha value is -2.33. The maximum Gasteiger partial charge on any atom is 0.193 e. The summed E-state index contributed by atoms with van der Waals surface area (Å²) in [5.74, 6) is 0.859. The number of hydrogen-bond acceptors (Lipinski definition) is 4. The Balaban J connectivity index is 1.76. The van der Waals surface area contributed by atoms with Gasteiger partial charge in [-0.3, -0.25) is 4.79 Å². The summed E-state index contributed by atoms with van der Waals surface area (Å²) in [4.78, 5) is 15.0. The first kappa shape index (κ1) is 16.5. The Morgan fingerprint density at radius 2 is 1.71 bits per heavy atom. The fourth-order valence-corrected chi connectivity index (χ4v) is 3.23. The lowest BCUT2D eigenvalue weighted by Crippen LogP contribution is -2.29. The minimum absolute atomic E-state index is 0.0339. The van der Waals surface area contributed by atoms with E-state index in [9.17, 15) is 9.90 Å². The lowest BCUT2D eigenvalue weighted by molar-refractivity contribution is 0.103. The maximum atomic E-state index is 12.6. The normalized spacial score (nSPS) is 16.1. The average molecular weight is 325 g/mol. The van der Waals surface area contributed by atoms with Gasteiger partial charge in [0.15, 0.2) is 17.3 Å². The van der Waals surface area contributed by atoms with Crippen molar-refractivity contribution in [2.45, 2.75) is 18.8 Å². The van der Waals surface area contributed by atoms with Gasteiger partial charge in [-0.2, -0.15) is 0 Å². The molecule has 0 radical (unpaired) electrons. The Morgan fingerprint density at radius 1 is 1.08 bits per heavy atom. The third kappa shape index (κ3) is 3.44. The minimum Gasteiger partial charge on any atom is -0.504 e. The molecular formula is C20H23NO3. The van der Waals surface area contributed by atoms with E-state index >= 15 is 0 Å². The van der Waals surface area contributed by atoms with E-state index in [2.05, 4.69) is 24.1 Å². The predicted molar refractivity (Wildman–Crippen MR) is 94.0 cm³/mol. The number of phenols is 1. The van der Waals surface area contributed by atoms with Gasteiger partial charge in [0.25, 0.3) is 0 Å². The van der Waals surface area contributed by atoms with Gasteiger partial charge in [0.2, 0.25) is 0 Å². The number of carbonyl (C=O) groups excluding carboxylic acids is 1. The van der Waals surface area contributed by atoms with E-state index in [-0.39, 0.29) is 11.5 Å². The van der Waals surface area contributed by atoms with Crippen LogP contribution in [0.25, 0.3) is 0 Å². The number of rotatable bonds is 4. The van der Waals surface area contributed by atoms with E-state index < -0.39 is 0 Å². The van der Waals surface area contributed by atoms with Crippen molar-refractivity contribution in [1.29, 1.82) is 0 Å². The SMILES string of the molecule is COc1cc(C(=O)c2ccc(C3CCN(C)CC3)cc2)ccc1O. The molecule has 3 rings (SSSR count). The zero-order valence-electron chi connectivity index (χ0n) is 14.2. The number of piperidine rings is 1. The second-order valence-corrected chi connectivity index (χ2v) is 6.42. The highest BCUT2D eigenvalue weighted by atomic mass is 16.5. The van der Waals surface area contributed by atoms with Gasteiger partial charge in [0, 0.05) is 11.1 Å². The number of benzene rings is 2. The molecule has 0 aromatic heterocycles. The summed E-state index contributed by atoms with van der Waals surface area (Å²) in [5, 5.41) is 9.65. The largest absolute Gasteiger partial charge is 0.504 e. The topological polar surface area (TPSA) is 49.8 Å². The molecule has 1 fully saturated rings. The van der Waals surface area contributed by atoms with Gasteiger partial charge in [-0.05, 0) is 62.7 Å². The van der Waals surface area contributed by atoms with Crippen LogP contribution in [0.4, 0.5) is 0 Å². The van der Waals surface area contributed by atoms with E-state index in [0.717, 1.165) is 13.1 Å². The third-order valence-electron chi connectivity index (χ3n) is 4.80. The van der Waals surface area contributed by atoms with Crippen LogP contribution in [0.1, 0.15) is 40.2 Å². The van der Waals surface area contributed by atoms with Crippen LogP contribution < -0.4 is 4.74 Å². The van der Waals surface area contributed by atoms with Crippen LogP contribution in [-0.4, -0.2) is 43.0 Å². The van der Waals surface area contributed by atoms with Gasteiger partial charge in [0.05, 0.1) is 7.11 Å². The van der Waals surface area contributed by atoms with Gasteiger partial charge in [-0.1, -0.05) is 24.3 Å². The van der Waals surface area contributed by atoms with E-state index in [4.69, 9.17) is 4.74 Å². The zero-order chi connectivity index (χ0) is 17.1. The summed E-state index contributed by atoms with van der Waals surface area (Å²) in [6.45, 7) is 2.25. The number of methoxy groups -OCH3 is 1. The van der Waals surface area contributed by atoms with Gasteiger partial charge in [-0.15, -0.1) is 0 Å². The fourth-order valence-electron chi connectivity index (χ4n) is 3.23. The summed E-state index contributed by atoms with van der Waals surface area (Å²) < 4.78 is 5.07. The van der Waals surface area contributed by atoms with Crippen molar-refractivity contribution in [3.05, 3.63) is 59.2 Å². The van der Waals surface area contributed by atoms with Crippen molar-refractivity contribution in [3.8, 4) is 11.5 Å². The average Bonchev–Trinajstić information content (AvgIpc) is 2.62. The van der Waals surface area contributed by atoms with Crippen molar-refractivity contribution >= 4 is 5.78 Å². The molecule has 1 N–H and O–H groups in total. The molecule has 1 saturated heterocycles. The first-order chi connectivity index (χ1) is 11.6. The smallest absolute Gasteiger partial charge is 0.193 e. The van der Waals surface area contributed by atoms with Crippen LogP contribution in [0.3, 0.4) is 0 Å². The molecule has 0 spiro atoms. The van der Waals surface area contributed by atoms with Crippen LogP contribution in [0.5, 0.6) is 11.5 Å². The number of ketones is 1. The monoisotopic (exact) mass is 325 g/mol. The molecule has 0 atom stereocenters. The summed E-state index contributed by atoms with van der Waals surface area (Å²) in [7, 11) is 3.63. The van der Waals surface area contributed by atoms with Crippen molar-refractivity contribution in [3.63, 3.8) is 0 Å². The van der Waals surface area contributed by atoms with Crippen molar-refractivity contribution < 1.29 is 14.6 Å². The summed E-state index contributed by atoms with van der Waals surface area (Å²) in [6.07, 6.45) is 2.33. The number of hydrogen-bond donors (Lipinski definition) is 1. The second kappa shape index (κ2) is 7.05. The predicted octanol–water partition coefficient (Wildman–Crippen LogP) is 3.44. The molecule has 4 heteroatoms. The van der Waals surface area contributed by atoms with Crippen molar-refractivity contribution in [2.24, 2.45) is 0 Å². The van der Waals surface area contributed by atoms with E-state index in [1.54, 1.807) is 12.1 Å². The number of nitrogens with zero attached hydrogens (tertiary/aromatic N) is 1. The molecule has 1 aliphatic heterocycles. The van der Waals surface area contributed by atoms with Crippen molar-refractivity contribution in [1.82, 2.24) is 4.90 Å². The van der Waals surface area contributed by atoms with Crippen LogP contribution in [0.15, 0.2) is 42.5 Å². The summed E-state index contributed by atoms with van der Waals surface area (Å²) in [6, 6.07) is 12.6. The highest BCUT2D eigenvalue weighted by Crippen LogP contribution is 2.29. The number of aromatic hydroxyl groups is 1. The maximum absolute atomic E-state index is 12.6. The number of ether oxygens (including phenoxy) is 1. The molecular weight excluding hydrogens is 302 g/mol. The Labute approximate surface area is 142 Å². The van der Waals surface area contributed by atoms with Crippen LogP contribution in [0, 0.1) is 0 Å². The third-order valence-corrected chi connectivity index (χ3v) is 4.80. The molecule has 0 saturated carbocycles. The Bertz CT molecular complexity index is 716. The Morgan fingerprint density at radius 3 is 2.33 bits per heavy atom. The number of likely N-dealkylation sites (tertiary alicyclic amines) is 1. The molecule has 24 heavy (non-hydrogen) atoms. The minimum atomic E-state index is -0.0665. The standard InChI is InChI=1S/C20H23NO3/c1-21-11-9-15(10-12-21)14-3-5-16(6-4-14)20(23)17-7-8-18(22)19(13-17)24-2/h3-8,13,15,22H,9-12H2,1-2H3. The van der Waals surface area contributed by atoms with Gasteiger partial charge in [-0.25, -0.2) is 0 Å². The fraction of sp³-hybridized carbons (Fsp3) is 0.350. The molecule has 0 bridgehead atoms. The molecule has 2 aromatic rings. The Kier molecular flexibility index (Phi) is 4.86. The first-order valence-corrected chi connectivity index (χ1v) is 8.28. The molecule has 4 nitrogen and oxygen atoms in total. The van der Waals surface area contributed by atoms with Gasteiger partial charge in [0.1, 0.15) is 0 Å². The van der Waals surface area contributed by atoms with Gasteiger partial charge >= 0.3 is 0 Å². The van der Waals surface area contributed by atoms with E-state index in [0.29, 0.717) is 22.8 Å². The van der Waals surface area contributed by atoms with Gasteiger partial charge < -0.3 is 14.7 Å². The highest BCUT2D eigenvalue weighted by Gasteiger charge is 2.19. The molecule has 0 aliphatic carbocycles. The molecule has 1 aliphatic rings. The first-order valence-electron chi connectivity index (χ1n) is 8.28. The molecule has 2 aromatic carbocycles. The number of carbonyl (C=O) groups is 1. The quantitative estimate of drug-likeness (QED) is 0.875. The molecule has 126 valence electrons. The van der Waals surface area contributed by atoms with E-state index in [1.807, 2.05) is 12.1 Å². The van der Waals surface area contributed by atoms with Crippen LogP contribution >= 0.6 is 0 Å². The lowest BCUT2D eigenvalue weighted by atomic mass is 9.88. The molecule has 0 amide bonds. The van der Waals surface area contributed by atoms with E-state index in [1.165, 1.54) is 31.6 Å². The summed E-state index contributed by atoms with van der Waals surface area (Å²) >= 11 is 0. The number of phenolic OH excluding ortho intramolecular Hbond substituents is 1. The second-order valence-electron chi connectivity index (χ2n) is 6.42. The highest BCUT2D eigenvalue weighted by molar-refractivity contribution is 6.09. The van der Waals surface area contributed by atoms with Crippen LogP contribution in [-0.2, 0) is 0 Å². The summed E-state index contributed by atoms with van der Waals surface area (Å²) in [5.41, 5.74) is 2.47. The molecule has 1 heterocycles. The zero-order valence-corrected chi connectivity index (χ0v) is 14.2. The lowest BCUT2D eigenvalue weighted by Gasteiger charge is -2.29. The van der Waals surface area contributed by atoms with Crippen LogP contribution in [0.2, 0.25) is 0 Å². The molecule has 0 unspecified atom stereocenters. The van der Waals surface area contributed by atoms with Crippen molar-refractivity contribution in [2.75, 3.05) is 27.2 Å².